The van der Waals surface area contributed by atoms with Gasteiger partial charge in [-0.05, 0) is 49.9 Å². The normalized spacial score (nSPS) is 14.8. The van der Waals surface area contributed by atoms with Crippen LogP contribution >= 0.6 is 0 Å². The maximum absolute atomic E-state index is 4.47. The van der Waals surface area contributed by atoms with Crippen LogP contribution in [0.4, 0.5) is 0 Å². The lowest BCUT2D eigenvalue weighted by molar-refractivity contribution is 0.656. The molecule has 100 valence electrons. The van der Waals surface area contributed by atoms with E-state index in [-0.39, 0.29) is 0 Å². The zero-order valence-electron chi connectivity index (χ0n) is 11.5. The van der Waals surface area contributed by atoms with Gasteiger partial charge >= 0.3 is 0 Å². The molecule has 1 heterocycles. The summed E-state index contributed by atoms with van der Waals surface area (Å²) >= 11 is 0. The Kier molecular flexibility index (Phi) is 3.65. The van der Waals surface area contributed by atoms with Crippen LogP contribution in [-0.4, -0.2) is 22.4 Å². The van der Waals surface area contributed by atoms with Gasteiger partial charge in [0.2, 0.25) is 0 Å². The van der Waals surface area contributed by atoms with Gasteiger partial charge in [0, 0.05) is 12.2 Å². The van der Waals surface area contributed by atoms with Crippen LogP contribution in [0.25, 0.3) is 0 Å². The Morgan fingerprint density at radius 1 is 1.21 bits per heavy atom. The van der Waals surface area contributed by atoms with Crippen molar-refractivity contribution in [3.8, 4) is 0 Å². The molecule has 1 fully saturated rings. The molecule has 0 unspecified atom stereocenters. The lowest BCUT2D eigenvalue weighted by Crippen LogP contribution is -2.20. The number of aromatic nitrogens is 2. The molecule has 0 bridgehead atoms. The number of nitrogens with zero attached hydrogens (tertiary/aromatic N) is 2. The fourth-order valence-corrected chi connectivity index (χ4v) is 2.38. The molecule has 1 aliphatic carbocycles. The van der Waals surface area contributed by atoms with Crippen LogP contribution in [0.5, 0.6) is 0 Å². The minimum absolute atomic E-state index is 0.793. The van der Waals surface area contributed by atoms with Crippen molar-refractivity contribution in [2.45, 2.75) is 38.8 Å². The zero-order valence-corrected chi connectivity index (χ0v) is 11.5. The van der Waals surface area contributed by atoms with Crippen LogP contribution in [0, 0.1) is 6.92 Å². The Balaban J connectivity index is 1.65. The third kappa shape index (κ3) is 3.44. The highest BCUT2D eigenvalue weighted by Gasteiger charge is 2.19. The quantitative estimate of drug-likeness (QED) is 0.859. The number of rotatable bonds is 6. The Morgan fingerprint density at radius 2 is 2.00 bits per heavy atom. The van der Waals surface area contributed by atoms with Gasteiger partial charge in [0.15, 0.2) is 0 Å². The van der Waals surface area contributed by atoms with Gasteiger partial charge in [-0.3, -0.25) is 4.68 Å². The fraction of sp³-hybridized carbons (Fsp3) is 0.438. The Morgan fingerprint density at radius 3 is 2.68 bits per heavy atom. The smallest absolute Gasteiger partial charge is 0.0662 e. The SMILES string of the molecule is Cc1ccn(Cc2ccccc2CCNC2CC2)n1. The summed E-state index contributed by atoms with van der Waals surface area (Å²) in [6.07, 6.45) is 5.86. The molecule has 1 N–H and O–H groups in total. The molecule has 19 heavy (non-hydrogen) atoms. The van der Waals surface area contributed by atoms with Crippen molar-refractivity contribution < 1.29 is 0 Å². The van der Waals surface area contributed by atoms with Crippen molar-refractivity contribution >= 4 is 0 Å². The summed E-state index contributed by atoms with van der Waals surface area (Å²) in [6, 6.07) is 11.5. The van der Waals surface area contributed by atoms with E-state index in [4.69, 9.17) is 0 Å². The van der Waals surface area contributed by atoms with Crippen LogP contribution in [-0.2, 0) is 13.0 Å². The molecule has 0 aliphatic heterocycles. The second kappa shape index (κ2) is 5.57. The molecule has 1 saturated carbocycles. The van der Waals surface area contributed by atoms with E-state index < -0.39 is 0 Å². The van der Waals surface area contributed by atoms with Crippen molar-refractivity contribution in [2.75, 3.05) is 6.54 Å². The standard InChI is InChI=1S/C16H21N3/c1-13-9-11-19(18-13)12-15-5-3-2-4-14(15)8-10-17-16-6-7-16/h2-5,9,11,16-17H,6-8,10,12H2,1H3. The van der Waals surface area contributed by atoms with E-state index in [1.54, 1.807) is 0 Å². The Bertz CT molecular complexity index is 540. The van der Waals surface area contributed by atoms with E-state index in [1.165, 1.54) is 24.0 Å². The molecule has 3 heteroatoms. The van der Waals surface area contributed by atoms with Gasteiger partial charge in [0.05, 0.1) is 12.2 Å². The highest BCUT2D eigenvalue weighted by molar-refractivity contribution is 5.27. The summed E-state index contributed by atoms with van der Waals surface area (Å²) in [5, 5.41) is 8.04. The molecule has 1 aromatic carbocycles. The fourth-order valence-electron chi connectivity index (χ4n) is 2.38. The largest absolute Gasteiger partial charge is 0.314 e. The molecular weight excluding hydrogens is 234 g/mol. The van der Waals surface area contributed by atoms with Gasteiger partial charge < -0.3 is 5.32 Å². The average Bonchev–Trinajstić information content (AvgIpc) is 3.14. The Labute approximate surface area is 114 Å². The predicted octanol–water partition coefficient (Wildman–Crippen LogP) is 2.53. The van der Waals surface area contributed by atoms with Crippen molar-refractivity contribution in [1.82, 2.24) is 15.1 Å². The molecule has 3 rings (SSSR count). The van der Waals surface area contributed by atoms with Crippen molar-refractivity contribution in [1.29, 1.82) is 0 Å². The molecule has 0 spiro atoms. The summed E-state index contributed by atoms with van der Waals surface area (Å²) in [4.78, 5) is 0. The van der Waals surface area contributed by atoms with Gasteiger partial charge in [-0.2, -0.15) is 5.10 Å². The number of benzene rings is 1. The number of aryl methyl sites for hydroxylation is 1. The first-order valence-electron chi connectivity index (χ1n) is 7.11. The average molecular weight is 255 g/mol. The highest BCUT2D eigenvalue weighted by atomic mass is 15.3. The third-order valence-corrected chi connectivity index (χ3v) is 3.63. The van der Waals surface area contributed by atoms with Crippen molar-refractivity contribution in [2.24, 2.45) is 0 Å². The van der Waals surface area contributed by atoms with Gasteiger partial charge in [-0.15, -0.1) is 0 Å². The second-order valence-electron chi connectivity index (χ2n) is 5.40. The summed E-state index contributed by atoms with van der Waals surface area (Å²) in [5.41, 5.74) is 3.89. The van der Waals surface area contributed by atoms with Crippen LogP contribution in [0.15, 0.2) is 36.5 Å². The molecule has 1 aliphatic rings. The van der Waals surface area contributed by atoms with Crippen LogP contribution < -0.4 is 5.32 Å². The minimum atomic E-state index is 0.793. The first-order chi connectivity index (χ1) is 9.31. The molecule has 2 aromatic rings. The van der Waals surface area contributed by atoms with E-state index in [0.29, 0.717) is 0 Å². The number of nitrogens with one attached hydrogen (secondary N) is 1. The third-order valence-electron chi connectivity index (χ3n) is 3.63. The molecule has 0 atom stereocenters. The predicted molar refractivity (Wildman–Crippen MR) is 77.2 cm³/mol. The lowest BCUT2D eigenvalue weighted by atomic mass is 10.0. The summed E-state index contributed by atoms with van der Waals surface area (Å²) < 4.78 is 2.02. The monoisotopic (exact) mass is 255 g/mol. The van der Waals surface area contributed by atoms with Crippen LogP contribution in [0.3, 0.4) is 0 Å². The van der Waals surface area contributed by atoms with Gasteiger partial charge in [-0.1, -0.05) is 24.3 Å². The molecule has 3 nitrogen and oxygen atoms in total. The molecule has 0 radical (unpaired) electrons. The molecule has 0 amide bonds. The molecule has 0 saturated heterocycles. The van der Waals surface area contributed by atoms with Crippen molar-refractivity contribution in [3.63, 3.8) is 0 Å². The van der Waals surface area contributed by atoms with Gasteiger partial charge in [0.1, 0.15) is 0 Å². The van der Waals surface area contributed by atoms with Crippen LogP contribution in [0.2, 0.25) is 0 Å². The first kappa shape index (κ1) is 12.4. The first-order valence-corrected chi connectivity index (χ1v) is 7.11. The van der Waals surface area contributed by atoms with E-state index in [2.05, 4.69) is 46.9 Å². The summed E-state index contributed by atoms with van der Waals surface area (Å²) in [7, 11) is 0. The van der Waals surface area contributed by atoms with Crippen molar-refractivity contribution in [3.05, 3.63) is 53.3 Å². The van der Waals surface area contributed by atoms with E-state index in [1.807, 2.05) is 11.6 Å². The number of hydrogen-bond donors (Lipinski definition) is 1. The van der Waals surface area contributed by atoms with Crippen LogP contribution in [0.1, 0.15) is 29.7 Å². The molecular formula is C16H21N3. The maximum Gasteiger partial charge on any atom is 0.0662 e. The van der Waals surface area contributed by atoms with E-state index >= 15 is 0 Å². The minimum Gasteiger partial charge on any atom is -0.314 e. The van der Waals surface area contributed by atoms with Gasteiger partial charge in [0.25, 0.3) is 0 Å². The topological polar surface area (TPSA) is 29.9 Å². The summed E-state index contributed by atoms with van der Waals surface area (Å²) in [5.74, 6) is 0. The molecule has 1 aromatic heterocycles. The number of hydrogen-bond acceptors (Lipinski definition) is 2. The zero-order chi connectivity index (χ0) is 13.1. The summed E-state index contributed by atoms with van der Waals surface area (Å²) in [6.45, 7) is 3.98. The second-order valence-corrected chi connectivity index (χ2v) is 5.40. The van der Waals surface area contributed by atoms with Gasteiger partial charge in [-0.25, -0.2) is 0 Å². The van der Waals surface area contributed by atoms with E-state index in [0.717, 1.165) is 31.2 Å². The Hall–Kier alpha value is -1.61. The van der Waals surface area contributed by atoms with E-state index in [9.17, 15) is 0 Å². The maximum atomic E-state index is 4.47. The highest BCUT2D eigenvalue weighted by Crippen LogP contribution is 2.18. The lowest BCUT2D eigenvalue weighted by Gasteiger charge is -2.10.